The molecule has 4 rings (SSSR count). The fourth-order valence-corrected chi connectivity index (χ4v) is 5.13. The smallest absolute Gasteiger partial charge is 0.256 e. The first kappa shape index (κ1) is 22.3. The molecule has 6 heteroatoms. The zero-order chi connectivity index (χ0) is 22.5. The third kappa shape index (κ3) is 4.80. The molecule has 2 aliphatic heterocycles. The van der Waals surface area contributed by atoms with Crippen molar-refractivity contribution in [1.29, 1.82) is 0 Å². The van der Waals surface area contributed by atoms with Crippen LogP contribution in [0.4, 0.5) is 0 Å². The molecular formula is C26H32N2O4. The van der Waals surface area contributed by atoms with Gasteiger partial charge in [0.15, 0.2) is 6.10 Å². The van der Waals surface area contributed by atoms with Crippen molar-refractivity contribution in [2.45, 2.75) is 37.8 Å². The number of ether oxygens (including phenoxy) is 2. The number of benzene rings is 2. The number of hydrogen-bond donors (Lipinski definition) is 0. The van der Waals surface area contributed by atoms with Crippen molar-refractivity contribution in [3.05, 3.63) is 65.7 Å². The van der Waals surface area contributed by atoms with Crippen molar-refractivity contribution in [2.75, 3.05) is 33.9 Å². The van der Waals surface area contributed by atoms with Crippen molar-refractivity contribution >= 4 is 11.8 Å². The lowest BCUT2D eigenvalue weighted by Crippen LogP contribution is -2.57. The highest BCUT2D eigenvalue weighted by Crippen LogP contribution is 2.33. The Kier molecular flexibility index (Phi) is 7.10. The highest BCUT2D eigenvalue weighted by Gasteiger charge is 2.41. The Balaban J connectivity index is 1.41. The van der Waals surface area contributed by atoms with Crippen LogP contribution in [0.25, 0.3) is 0 Å². The lowest BCUT2D eigenvalue weighted by Gasteiger charge is -2.48. The van der Waals surface area contributed by atoms with Crippen molar-refractivity contribution in [3.8, 4) is 5.75 Å². The van der Waals surface area contributed by atoms with E-state index in [1.807, 2.05) is 64.4 Å². The van der Waals surface area contributed by atoms with E-state index in [0.717, 1.165) is 42.7 Å². The Hall–Kier alpha value is -2.86. The maximum atomic E-state index is 13.4. The lowest BCUT2D eigenvalue weighted by molar-refractivity contribution is -0.151. The summed E-state index contributed by atoms with van der Waals surface area (Å²) in [6, 6.07) is 17.5. The predicted molar refractivity (Wildman–Crippen MR) is 122 cm³/mol. The zero-order valence-corrected chi connectivity index (χ0v) is 18.9. The van der Waals surface area contributed by atoms with Gasteiger partial charge in [0.1, 0.15) is 5.75 Å². The minimum atomic E-state index is -0.581. The first-order valence-corrected chi connectivity index (χ1v) is 11.4. The van der Waals surface area contributed by atoms with Gasteiger partial charge in [-0.25, -0.2) is 0 Å². The van der Waals surface area contributed by atoms with E-state index in [9.17, 15) is 9.59 Å². The normalized spacial score (nSPS) is 21.6. The number of methoxy groups -OCH3 is 2. The number of nitrogens with zero attached hydrogens (tertiary/aromatic N) is 2. The van der Waals surface area contributed by atoms with Gasteiger partial charge in [-0.1, -0.05) is 42.5 Å². The van der Waals surface area contributed by atoms with Crippen LogP contribution in [0.15, 0.2) is 54.6 Å². The first-order valence-electron chi connectivity index (χ1n) is 11.4. The van der Waals surface area contributed by atoms with Crippen LogP contribution in [0.2, 0.25) is 0 Å². The number of carbonyl (C=O) groups is 2. The van der Waals surface area contributed by atoms with E-state index in [4.69, 9.17) is 9.47 Å². The van der Waals surface area contributed by atoms with Crippen LogP contribution in [-0.4, -0.2) is 61.5 Å². The quantitative estimate of drug-likeness (QED) is 0.696. The molecule has 2 amide bonds. The summed E-state index contributed by atoms with van der Waals surface area (Å²) in [4.78, 5) is 30.4. The minimum Gasteiger partial charge on any atom is -0.497 e. The number of piperidine rings is 2. The number of hydrogen-bond acceptors (Lipinski definition) is 4. The Labute approximate surface area is 190 Å². The van der Waals surface area contributed by atoms with Crippen LogP contribution < -0.4 is 4.74 Å². The van der Waals surface area contributed by atoms with Crippen LogP contribution in [0, 0.1) is 5.92 Å². The van der Waals surface area contributed by atoms with Crippen LogP contribution in [-0.2, 0) is 20.7 Å². The Morgan fingerprint density at radius 2 is 1.84 bits per heavy atom. The molecule has 2 saturated heterocycles. The number of likely N-dealkylation sites (tertiary alicyclic amines) is 2. The van der Waals surface area contributed by atoms with E-state index in [2.05, 4.69) is 0 Å². The van der Waals surface area contributed by atoms with Crippen LogP contribution >= 0.6 is 0 Å². The Bertz CT molecular complexity index is 932. The Morgan fingerprint density at radius 1 is 1.03 bits per heavy atom. The largest absolute Gasteiger partial charge is 0.497 e. The van der Waals surface area contributed by atoms with E-state index in [1.165, 1.54) is 0 Å². The van der Waals surface area contributed by atoms with Crippen molar-refractivity contribution in [3.63, 3.8) is 0 Å². The maximum Gasteiger partial charge on any atom is 0.256 e. The molecule has 0 spiro atoms. The van der Waals surface area contributed by atoms with Gasteiger partial charge < -0.3 is 19.3 Å². The molecule has 2 aliphatic rings. The summed E-state index contributed by atoms with van der Waals surface area (Å²) in [5, 5.41) is 0. The molecule has 6 nitrogen and oxygen atoms in total. The summed E-state index contributed by atoms with van der Waals surface area (Å²) < 4.78 is 10.9. The summed E-state index contributed by atoms with van der Waals surface area (Å²) in [6.45, 7) is 2.14. The lowest BCUT2D eigenvalue weighted by atomic mass is 9.83. The molecule has 2 heterocycles. The van der Waals surface area contributed by atoms with Crippen molar-refractivity contribution in [1.82, 2.24) is 9.80 Å². The van der Waals surface area contributed by atoms with Crippen LogP contribution in [0.3, 0.4) is 0 Å². The van der Waals surface area contributed by atoms with E-state index >= 15 is 0 Å². The summed E-state index contributed by atoms with van der Waals surface area (Å²) in [5.74, 6) is 1.24. The molecule has 0 N–H and O–H groups in total. The van der Waals surface area contributed by atoms with Gasteiger partial charge in [-0.15, -0.1) is 0 Å². The number of amides is 2. The first-order chi connectivity index (χ1) is 15.6. The molecule has 32 heavy (non-hydrogen) atoms. The van der Waals surface area contributed by atoms with E-state index in [0.29, 0.717) is 25.4 Å². The number of carbonyl (C=O) groups excluding carboxylic acids is 2. The molecule has 2 aromatic carbocycles. The monoisotopic (exact) mass is 436 g/mol. The fraction of sp³-hybridized carbons (Fsp3) is 0.462. The summed E-state index contributed by atoms with van der Waals surface area (Å²) >= 11 is 0. The average molecular weight is 437 g/mol. The summed E-state index contributed by atoms with van der Waals surface area (Å²) in [7, 11) is 3.23. The molecule has 0 bridgehead atoms. The molecule has 3 atom stereocenters. The van der Waals surface area contributed by atoms with E-state index < -0.39 is 6.10 Å². The molecule has 0 aliphatic carbocycles. The molecular weight excluding hydrogens is 404 g/mol. The topological polar surface area (TPSA) is 59.1 Å². The second kappa shape index (κ2) is 10.2. The SMILES string of the molecule is COc1cccc(CC(=O)N2CC[C@@H]3[C@H](CCCN3C(=O)[C@@H](OC)c3ccccc3)C2)c1. The summed E-state index contributed by atoms with van der Waals surface area (Å²) in [5.41, 5.74) is 1.84. The second-order valence-electron chi connectivity index (χ2n) is 8.68. The van der Waals surface area contributed by atoms with Gasteiger partial charge in [0.05, 0.1) is 13.5 Å². The molecule has 0 radical (unpaired) electrons. The average Bonchev–Trinajstić information content (AvgIpc) is 2.84. The third-order valence-corrected chi connectivity index (χ3v) is 6.76. The molecule has 2 aromatic rings. The van der Waals surface area contributed by atoms with Crippen LogP contribution in [0.1, 0.15) is 36.5 Å². The molecule has 170 valence electrons. The maximum absolute atomic E-state index is 13.4. The fourth-order valence-electron chi connectivity index (χ4n) is 5.13. The highest BCUT2D eigenvalue weighted by molar-refractivity contribution is 5.83. The van der Waals surface area contributed by atoms with Gasteiger partial charge in [-0.3, -0.25) is 9.59 Å². The minimum absolute atomic E-state index is 0.0320. The molecule has 0 unspecified atom stereocenters. The highest BCUT2D eigenvalue weighted by atomic mass is 16.5. The Morgan fingerprint density at radius 3 is 2.59 bits per heavy atom. The summed E-state index contributed by atoms with van der Waals surface area (Å²) in [6.07, 6.45) is 2.60. The second-order valence-corrected chi connectivity index (χ2v) is 8.68. The predicted octanol–water partition coefficient (Wildman–Crippen LogP) is 3.46. The third-order valence-electron chi connectivity index (χ3n) is 6.76. The molecule has 0 aromatic heterocycles. The number of rotatable bonds is 6. The van der Waals surface area contributed by atoms with Crippen molar-refractivity contribution in [2.24, 2.45) is 5.92 Å². The van der Waals surface area contributed by atoms with Gasteiger partial charge in [-0.05, 0) is 48.4 Å². The zero-order valence-electron chi connectivity index (χ0n) is 18.9. The molecule has 2 fully saturated rings. The van der Waals surface area contributed by atoms with E-state index in [-0.39, 0.29) is 17.9 Å². The van der Waals surface area contributed by atoms with Crippen LogP contribution in [0.5, 0.6) is 5.75 Å². The molecule has 0 saturated carbocycles. The van der Waals surface area contributed by atoms with Gasteiger partial charge in [0, 0.05) is 32.8 Å². The van der Waals surface area contributed by atoms with Gasteiger partial charge in [0.25, 0.3) is 5.91 Å². The van der Waals surface area contributed by atoms with E-state index in [1.54, 1.807) is 14.2 Å². The number of fused-ring (bicyclic) bond motifs is 1. The van der Waals surface area contributed by atoms with Gasteiger partial charge in [-0.2, -0.15) is 0 Å². The van der Waals surface area contributed by atoms with Gasteiger partial charge in [0.2, 0.25) is 5.91 Å². The van der Waals surface area contributed by atoms with Gasteiger partial charge >= 0.3 is 0 Å². The standard InChI is InChI=1S/C26H32N2O4/c1-31-22-12-6-8-19(16-22)17-24(29)27-15-13-23-21(18-27)11-7-14-28(23)26(30)25(32-2)20-9-4-3-5-10-20/h3-6,8-10,12,16,21,23,25H,7,11,13-15,17-18H2,1-2H3/t21-,23-,25+/m1/s1. The van der Waals surface area contributed by atoms with Crippen molar-refractivity contribution < 1.29 is 19.1 Å².